The Labute approximate surface area is 442 Å². The highest BCUT2D eigenvalue weighted by molar-refractivity contribution is 6.13. The fourth-order valence-corrected chi connectivity index (χ4v) is 11.4. The number of carbonyl (C=O) groups is 13. The van der Waals surface area contributed by atoms with Crippen LogP contribution in [-0.4, -0.2) is 135 Å². The van der Waals surface area contributed by atoms with E-state index in [1.54, 1.807) is 13.0 Å². The molecule has 0 radical (unpaired) electrons. The number of fused-ring (bicyclic) bond motifs is 5. The van der Waals surface area contributed by atoms with Crippen LogP contribution in [-0.2, 0) is 73.6 Å². The lowest BCUT2D eigenvalue weighted by atomic mass is 9.46. The van der Waals surface area contributed by atoms with Crippen LogP contribution in [0.25, 0.3) is 0 Å². The maximum Gasteiger partial charge on any atom is 0.509 e. The number of unbranched alkanes of at least 4 members (excludes halogenated alkanes) is 2. The Balaban J connectivity index is 0.922. The maximum absolute atomic E-state index is 13.9. The number of amides is 8. The number of allylic oxidation sites excluding steroid dienone is 4. The van der Waals surface area contributed by atoms with Gasteiger partial charge in [-0.15, -0.1) is 0 Å². The van der Waals surface area contributed by atoms with Crippen LogP contribution < -0.4 is 32.3 Å². The van der Waals surface area contributed by atoms with E-state index >= 15 is 0 Å². The topological polar surface area (TPSA) is 370 Å². The summed E-state index contributed by atoms with van der Waals surface area (Å²) in [6.45, 7) is 5.21. The number of carbonyl (C=O) groups excluding carboxylic acids is 12. The predicted octanol–water partition coefficient (Wildman–Crippen LogP) is 0.880. The molecule has 0 aromatic heterocycles. The number of hydrogen-bond donors (Lipinski definition) is 8. The van der Waals surface area contributed by atoms with Gasteiger partial charge in [-0.1, -0.05) is 44.1 Å². The molecule has 10 atom stereocenters. The van der Waals surface area contributed by atoms with E-state index in [0.29, 0.717) is 44.1 Å². The van der Waals surface area contributed by atoms with Crippen molar-refractivity contribution in [1.82, 2.24) is 26.2 Å². The van der Waals surface area contributed by atoms with Crippen molar-refractivity contribution in [2.75, 3.05) is 18.5 Å². The van der Waals surface area contributed by atoms with E-state index in [1.165, 1.54) is 44.2 Å². The molecule has 0 saturated heterocycles. The lowest BCUT2D eigenvalue weighted by molar-refractivity contribution is -0.169. The second-order valence-electron chi connectivity index (χ2n) is 20.8. The van der Waals surface area contributed by atoms with E-state index in [0.717, 1.165) is 22.6 Å². The van der Waals surface area contributed by atoms with E-state index in [4.69, 9.17) is 15.2 Å². The summed E-state index contributed by atoms with van der Waals surface area (Å²) in [4.78, 5) is 165. The molecule has 6 rings (SSSR count). The standard InChI is InChI=1S/C53H65N7O17/c1-28(56-48(72)37(24-44(68)69)58-41(65)8-6-5-7-21-60-42(66)15-16-43(60)67)46(70)55-29(2)47(71)59-36(23-40(54)64)49(73)57-32-12-9-30(10-13-32)26-76-50(74)77-27-39(63)53(75)20-18-35-34-14-11-31-22-33(61)17-19-51(31,3)45(34)38(62)25-52(35,53)4/h9-10,12-13,15-17,19,22,28-29,34-37,45,75H,5-8,11,14,18,20-21,23-27H2,1-4H3,(H2,54,64)(H,55,70)(H,56,72)(H,57,73)(H,58,65)(H,59,71)(H,68,69)/t28-,29-,34+,35?,36-,37-,45?,51+,52+,53+/m0/s1. The Kier molecular flexibility index (Phi) is 18.5. The van der Waals surface area contributed by atoms with Gasteiger partial charge in [0.15, 0.2) is 12.4 Å². The fraction of sp³-hybridized carbons (Fsp3) is 0.528. The smallest absolute Gasteiger partial charge is 0.481 e. The second-order valence-corrected chi connectivity index (χ2v) is 20.8. The highest BCUT2D eigenvalue weighted by Crippen LogP contribution is 2.66. The minimum atomic E-state index is -1.94. The fourth-order valence-electron chi connectivity index (χ4n) is 11.4. The normalized spacial score (nSPS) is 25.6. The molecule has 0 spiro atoms. The third-order valence-electron chi connectivity index (χ3n) is 15.5. The molecule has 24 heteroatoms. The molecule has 8 amide bonds. The molecule has 1 aromatic rings. The number of Topliss-reactive ketones (excluding diaryl/α,β-unsaturated/α-hetero) is 2. The second kappa shape index (κ2) is 24.4. The highest BCUT2D eigenvalue weighted by atomic mass is 16.7. The molecule has 2 unspecified atom stereocenters. The average Bonchev–Trinajstić information content (AvgIpc) is 4.01. The molecular formula is C53H65N7O17. The first-order valence-corrected chi connectivity index (χ1v) is 25.4. The monoisotopic (exact) mass is 1070 g/mol. The van der Waals surface area contributed by atoms with E-state index in [9.17, 15) is 72.5 Å². The number of nitrogens with two attached hydrogens (primary N) is 1. The molecular weight excluding hydrogens is 1010 g/mol. The van der Waals surface area contributed by atoms with Crippen LogP contribution in [0.1, 0.15) is 104 Å². The van der Waals surface area contributed by atoms with Crippen LogP contribution in [0, 0.1) is 28.6 Å². The lowest BCUT2D eigenvalue weighted by Gasteiger charge is -2.56. The molecule has 4 aliphatic carbocycles. The Hall–Kier alpha value is -7.89. The Morgan fingerprint density at radius 3 is 2.06 bits per heavy atom. The number of anilines is 1. The number of hydrogen-bond acceptors (Lipinski definition) is 16. The number of imide groups is 1. The first kappa shape index (κ1) is 58.4. The Morgan fingerprint density at radius 1 is 0.779 bits per heavy atom. The maximum atomic E-state index is 13.9. The number of carboxylic acid groups (broad SMARTS) is 1. The Bertz CT molecular complexity index is 2680. The zero-order valence-corrected chi connectivity index (χ0v) is 43.2. The molecule has 0 bridgehead atoms. The molecule has 414 valence electrons. The molecule has 1 aliphatic heterocycles. The zero-order valence-electron chi connectivity index (χ0n) is 43.2. The van der Waals surface area contributed by atoms with Crippen LogP contribution in [0.3, 0.4) is 0 Å². The van der Waals surface area contributed by atoms with Gasteiger partial charge in [0.2, 0.25) is 41.2 Å². The number of benzene rings is 1. The minimum Gasteiger partial charge on any atom is -0.481 e. The molecule has 24 nitrogen and oxygen atoms in total. The van der Waals surface area contributed by atoms with Gasteiger partial charge in [-0.25, -0.2) is 4.79 Å². The van der Waals surface area contributed by atoms with Gasteiger partial charge in [0, 0.05) is 54.0 Å². The first-order valence-electron chi connectivity index (χ1n) is 25.4. The number of carboxylic acids is 1. The van der Waals surface area contributed by atoms with Gasteiger partial charge in [-0.05, 0) is 94.1 Å². The Morgan fingerprint density at radius 2 is 1.42 bits per heavy atom. The number of primary amides is 1. The number of nitrogens with zero attached hydrogens (tertiary/aromatic N) is 1. The lowest BCUT2D eigenvalue weighted by Crippen LogP contribution is -2.60. The predicted molar refractivity (Wildman–Crippen MR) is 268 cm³/mol. The molecule has 1 aromatic carbocycles. The van der Waals surface area contributed by atoms with Crippen LogP contribution in [0.15, 0.2) is 60.2 Å². The van der Waals surface area contributed by atoms with E-state index in [-0.39, 0.29) is 61.5 Å². The number of ether oxygens (including phenoxy) is 2. The van der Waals surface area contributed by atoms with Gasteiger partial charge in [0.05, 0.1) is 12.8 Å². The SMILES string of the molecule is C[C@H](NC(=O)[C@H](C)NC(=O)[C@H](CC(=O)O)NC(=O)CCCCCN1C(=O)C=CC1=O)C(=O)N[C@@H](CC(N)=O)C(=O)Nc1ccc(COC(=O)OCC(=O)[C@]2(O)CCC3[C@H]4CCC5=CC(=O)C=C[C@@]5(C)C4C(=O)C[C@]32C)cc1. The van der Waals surface area contributed by atoms with Crippen molar-refractivity contribution in [1.29, 1.82) is 0 Å². The summed E-state index contributed by atoms with van der Waals surface area (Å²) in [5.74, 6) is -9.29. The van der Waals surface area contributed by atoms with Crippen molar-refractivity contribution in [2.45, 2.75) is 135 Å². The summed E-state index contributed by atoms with van der Waals surface area (Å²) in [6, 6.07) is -0.0687. The summed E-state index contributed by atoms with van der Waals surface area (Å²) < 4.78 is 10.3. The van der Waals surface area contributed by atoms with Crippen LogP contribution >= 0.6 is 0 Å². The molecule has 5 aliphatic rings. The van der Waals surface area contributed by atoms with Crippen molar-refractivity contribution in [3.05, 3.63) is 65.8 Å². The van der Waals surface area contributed by atoms with Crippen LogP contribution in [0.4, 0.5) is 10.5 Å². The van der Waals surface area contributed by atoms with Crippen molar-refractivity contribution >= 4 is 82.4 Å². The minimum absolute atomic E-state index is 0.0516. The van der Waals surface area contributed by atoms with Gasteiger partial charge in [0.1, 0.15) is 42.2 Å². The summed E-state index contributed by atoms with van der Waals surface area (Å²) >= 11 is 0. The van der Waals surface area contributed by atoms with Gasteiger partial charge in [0.25, 0.3) is 11.8 Å². The van der Waals surface area contributed by atoms with E-state index in [2.05, 4.69) is 26.6 Å². The van der Waals surface area contributed by atoms with Crippen molar-refractivity contribution in [3.63, 3.8) is 0 Å². The van der Waals surface area contributed by atoms with Crippen molar-refractivity contribution < 1.29 is 82.0 Å². The zero-order chi connectivity index (χ0) is 56.6. The van der Waals surface area contributed by atoms with E-state index < -0.39 is 131 Å². The largest absolute Gasteiger partial charge is 0.509 e. The van der Waals surface area contributed by atoms with Crippen molar-refractivity contribution in [3.8, 4) is 0 Å². The van der Waals surface area contributed by atoms with Gasteiger partial charge < -0.3 is 52.0 Å². The number of ketones is 3. The summed E-state index contributed by atoms with van der Waals surface area (Å²) in [5.41, 5.74) is 3.21. The molecule has 1 heterocycles. The third-order valence-corrected chi connectivity index (χ3v) is 15.5. The summed E-state index contributed by atoms with van der Waals surface area (Å²) in [7, 11) is 0. The third kappa shape index (κ3) is 13.6. The van der Waals surface area contributed by atoms with Gasteiger partial charge in [-0.3, -0.25) is 62.4 Å². The summed E-state index contributed by atoms with van der Waals surface area (Å²) in [6.07, 6.45) is 7.36. The quantitative estimate of drug-likeness (QED) is 0.0405. The van der Waals surface area contributed by atoms with E-state index in [1.807, 2.05) is 13.0 Å². The summed E-state index contributed by atoms with van der Waals surface area (Å²) in [5, 5.41) is 33.1. The van der Waals surface area contributed by atoms with Crippen LogP contribution in [0.2, 0.25) is 0 Å². The first-order chi connectivity index (χ1) is 36.3. The number of aliphatic hydroxyl groups is 1. The highest BCUT2D eigenvalue weighted by Gasteiger charge is 2.68. The average molecular weight is 1070 g/mol. The number of nitrogens with one attached hydrogen (secondary N) is 5. The molecule has 77 heavy (non-hydrogen) atoms. The molecule has 3 saturated carbocycles. The van der Waals surface area contributed by atoms with Gasteiger partial charge >= 0.3 is 12.1 Å². The number of aliphatic carboxylic acids is 1. The van der Waals surface area contributed by atoms with Crippen molar-refractivity contribution in [2.24, 2.45) is 34.3 Å². The van der Waals surface area contributed by atoms with Crippen LogP contribution in [0.5, 0.6) is 0 Å². The van der Waals surface area contributed by atoms with Gasteiger partial charge in [-0.2, -0.15) is 0 Å². The number of rotatable bonds is 24. The molecule has 9 N–H and O–H groups in total. The molecule has 3 fully saturated rings.